The molecule has 1 saturated heterocycles. The zero-order valence-corrected chi connectivity index (χ0v) is 11.4. The van der Waals surface area contributed by atoms with E-state index in [1.165, 1.54) is 0 Å². The molecule has 0 aliphatic carbocycles. The third kappa shape index (κ3) is 3.71. The molecule has 0 amide bonds. The molecule has 0 saturated carbocycles. The summed E-state index contributed by atoms with van der Waals surface area (Å²) < 4.78 is 25.7. The highest BCUT2D eigenvalue weighted by molar-refractivity contribution is 7.89. The van der Waals surface area contributed by atoms with Crippen molar-refractivity contribution < 1.29 is 8.42 Å². The average molecular weight is 248 g/mol. The predicted molar refractivity (Wildman–Crippen MR) is 66.8 cm³/mol. The van der Waals surface area contributed by atoms with Gasteiger partial charge >= 0.3 is 0 Å². The van der Waals surface area contributed by atoms with E-state index in [1.54, 1.807) is 4.31 Å². The lowest BCUT2D eigenvalue weighted by Crippen LogP contribution is -2.43. The summed E-state index contributed by atoms with van der Waals surface area (Å²) in [4.78, 5) is 0. The zero-order chi connectivity index (χ0) is 12.2. The van der Waals surface area contributed by atoms with Gasteiger partial charge in [0.2, 0.25) is 10.0 Å². The number of hydrogen-bond donors (Lipinski definition) is 1. The molecule has 0 aromatic heterocycles. The average Bonchev–Trinajstić information content (AvgIpc) is 2.22. The molecule has 5 heteroatoms. The smallest absolute Gasteiger partial charge is 0.214 e. The van der Waals surface area contributed by atoms with Gasteiger partial charge in [0.15, 0.2) is 0 Å². The maximum absolute atomic E-state index is 12.0. The minimum atomic E-state index is -3.02. The molecule has 0 bridgehead atoms. The van der Waals surface area contributed by atoms with E-state index in [0.717, 1.165) is 13.0 Å². The molecule has 0 spiro atoms. The second-order valence-corrected chi connectivity index (χ2v) is 6.96. The third-order valence-corrected chi connectivity index (χ3v) is 5.44. The molecule has 1 heterocycles. The van der Waals surface area contributed by atoms with Gasteiger partial charge in [0, 0.05) is 13.1 Å². The summed E-state index contributed by atoms with van der Waals surface area (Å²) in [6.07, 6.45) is 1.69. The highest BCUT2D eigenvalue weighted by Gasteiger charge is 2.29. The number of sulfonamides is 1. The van der Waals surface area contributed by atoms with E-state index in [9.17, 15) is 8.42 Å². The van der Waals surface area contributed by atoms with Crippen LogP contribution in [0.25, 0.3) is 0 Å². The van der Waals surface area contributed by atoms with Gasteiger partial charge in [-0.1, -0.05) is 13.8 Å². The fourth-order valence-corrected chi connectivity index (χ4v) is 3.65. The number of nitrogens with zero attached hydrogens (tertiary/aromatic N) is 1. The molecule has 0 aromatic rings. The molecule has 1 rings (SSSR count). The molecular formula is C11H24N2O2S. The number of hydrogen-bond acceptors (Lipinski definition) is 3. The van der Waals surface area contributed by atoms with Crippen LogP contribution in [0.3, 0.4) is 0 Å². The van der Waals surface area contributed by atoms with Crippen molar-refractivity contribution in [2.45, 2.75) is 26.7 Å². The van der Waals surface area contributed by atoms with Crippen molar-refractivity contribution in [2.75, 3.05) is 32.4 Å². The first kappa shape index (κ1) is 13.9. The van der Waals surface area contributed by atoms with Crippen molar-refractivity contribution >= 4 is 10.0 Å². The van der Waals surface area contributed by atoms with Gasteiger partial charge in [-0.2, -0.15) is 0 Å². The summed E-state index contributed by atoms with van der Waals surface area (Å²) in [6, 6.07) is 0. The quantitative estimate of drug-likeness (QED) is 0.736. The van der Waals surface area contributed by atoms with Gasteiger partial charge in [0.05, 0.1) is 5.75 Å². The molecular weight excluding hydrogens is 224 g/mol. The van der Waals surface area contributed by atoms with Crippen LogP contribution in [0.1, 0.15) is 26.7 Å². The Morgan fingerprint density at radius 1 is 1.31 bits per heavy atom. The Balaban J connectivity index is 2.49. The summed E-state index contributed by atoms with van der Waals surface area (Å²) >= 11 is 0. The summed E-state index contributed by atoms with van der Waals surface area (Å²) in [5, 5.41) is 2.98. The first-order valence-corrected chi connectivity index (χ1v) is 7.70. The minimum absolute atomic E-state index is 0.273. The second-order valence-electron chi connectivity index (χ2n) is 4.87. The molecule has 1 fully saturated rings. The van der Waals surface area contributed by atoms with Crippen LogP contribution in [-0.4, -0.2) is 45.2 Å². The second kappa shape index (κ2) is 5.98. The Hall–Kier alpha value is -0.130. The largest absolute Gasteiger partial charge is 0.320 e. The van der Waals surface area contributed by atoms with Gasteiger partial charge in [-0.05, 0) is 38.3 Å². The monoisotopic (exact) mass is 248 g/mol. The van der Waals surface area contributed by atoms with E-state index in [2.05, 4.69) is 19.2 Å². The van der Waals surface area contributed by atoms with Crippen LogP contribution >= 0.6 is 0 Å². The normalized spacial score (nSPS) is 28.2. The number of piperidine rings is 1. The van der Waals surface area contributed by atoms with Crippen LogP contribution in [0, 0.1) is 11.8 Å². The predicted octanol–water partition coefficient (Wildman–Crippen LogP) is 0.904. The highest BCUT2D eigenvalue weighted by Crippen LogP contribution is 2.24. The lowest BCUT2D eigenvalue weighted by Gasteiger charge is -2.34. The van der Waals surface area contributed by atoms with Gasteiger partial charge in [0.25, 0.3) is 0 Å². The van der Waals surface area contributed by atoms with Crippen molar-refractivity contribution in [1.82, 2.24) is 9.62 Å². The zero-order valence-electron chi connectivity index (χ0n) is 10.6. The first-order chi connectivity index (χ1) is 7.47. The van der Waals surface area contributed by atoms with Gasteiger partial charge in [-0.3, -0.25) is 0 Å². The molecule has 0 radical (unpaired) electrons. The standard InChI is InChI=1S/C11H24N2O2S/c1-10-5-7-13(9-11(10)2)16(14,15)8-4-6-12-3/h10-12H,4-9H2,1-3H3. The van der Waals surface area contributed by atoms with Crippen molar-refractivity contribution in [1.29, 1.82) is 0 Å². The van der Waals surface area contributed by atoms with Gasteiger partial charge in [0.1, 0.15) is 0 Å². The fourth-order valence-electron chi connectivity index (χ4n) is 2.04. The molecule has 2 unspecified atom stereocenters. The molecule has 0 aromatic carbocycles. The van der Waals surface area contributed by atoms with E-state index in [-0.39, 0.29) is 5.75 Å². The van der Waals surface area contributed by atoms with Crippen LogP contribution in [-0.2, 0) is 10.0 Å². The summed E-state index contributed by atoms with van der Waals surface area (Å²) in [5.41, 5.74) is 0. The van der Waals surface area contributed by atoms with E-state index >= 15 is 0 Å². The molecule has 16 heavy (non-hydrogen) atoms. The van der Waals surface area contributed by atoms with Gasteiger partial charge in [-0.15, -0.1) is 0 Å². The van der Waals surface area contributed by atoms with Crippen LogP contribution < -0.4 is 5.32 Å². The molecule has 2 atom stereocenters. The third-order valence-electron chi connectivity index (χ3n) is 3.52. The Morgan fingerprint density at radius 2 is 2.00 bits per heavy atom. The Labute approximate surface area is 99.5 Å². The van der Waals surface area contributed by atoms with E-state index in [4.69, 9.17) is 0 Å². The maximum atomic E-state index is 12.0. The lowest BCUT2D eigenvalue weighted by atomic mass is 9.90. The van der Waals surface area contributed by atoms with E-state index in [0.29, 0.717) is 31.3 Å². The van der Waals surface area contributed by atoms with Crippen molar-refractivity contribution in [2.24, 2.45) is 11.8 Å². The SMILES string of the molecule is CNCCCS(=O)(=O)N1CCC(C)C(C)C1. The summed E-state index contributed by atoms with van der Waals surface area (Å²) in [7, 11) is -1.17. The van der Waals surface area contributed by atoms with Gasteiger partial charge < -0.3 is 5.32 Å². The first-order valence-electron chi connectivity index (χ1n) is 6.10. The maximum Gasteiger partial charge on any atom is 0.214 e. The number of rotatable bonds is 5. The number of nitrogens with one attached hydrogen (secondary N) is 1. The van der Waals surface area contributed by atoms with Gasteiger partial charge in [-0.25, -0.2) is 12.7 Å². The summed E-state index contributed by atoms with van der Waals surface area (Å²) in [5.74, 6) is 1.39. The van der Waals surface area contributed by atoms with E-state index in [1.807, 2.05) is 7.05 Å². The molecule has 96 valence electrons. The minimum Gasteiger partial charge on any atom is -0.320 e. The Morgan fingerprint density at radius 3 is 2.56 bits per heavy atom. The van der Waals surface area contributed by atoms with E-state index < -0.39 is 10.0 Å². The Kier molecular flexibility index (Phi) is 5.21. The van der Waals surface area contributed by atoms with Crippen molar-refractivity contribution in [3.8, 4) is 0 Å². The fraction of sp³-hybridized carbons (Fsp3) is 1.00. The Bertz CT molecular complexity index is 303. The summed E-state index contributed by atoms with van der Waals surface area (Å²) in [6.45, 7) is 6.51. The molecule has 1 N–H and O–H groups in total. The van der Waals surface area contributed by atoms with Crippen molar-refractivity contribution in [3.05, 3.63) is 0 Å². The van der Waals surface area contributed by atoms with Crippen molar-refractivity contribution in [3.63, 3.8) is 0 Å². The molecule has 1 aliphatic heterocycles. The van der Waals surface area contributed by atoms with Crippen LogP contribution in [0.15, 0.2) is 0 Å². The molecule has 1 aliphatic rings. The van der Waals surface area contributed by atoms with Crippen LogP contribution in [0.2, 0.25) is 0 Å². The topological polar surface area (TPSA) is 49.4 Å². The lowest BCUT2D eigenvalue weighted by molar-refractivity contribution is 0.212. The van der Waals surface area contributed by atoms with Crippen LogP contribution in [0.4, 0.5) is 0 Å². The van der Waals surface area contributed by atoms with Crippen LogP contribution in [0.5, 0.6) is 0 Å². The molecule has 4 nitrogen and oxygen atoms in total. The highest BCUT2D eigenvalue weighted by atomic mass is 32.2.